The third-order valence-corrected chi connectivity index (χ3v) is 3.36. The van der Waals surface area contributed by atoms with Crippen molar-refractivity contribution in [1.29, 1.82) is 0 Å². The molecule has 0 radical (unpaired) electrons. The number of furan rings is 1. The van der Waals surface area contributed by atoms with E-state index in [2.05, 4.69) is 20.3 Å². The molecule has 0 aliphatic heterocycles. The lowest BCUT2D eigenvalue weighted by Gasteiger charge is -2.09. The number of carbonyl (C=O) groups excluding carboxylic acids is 1. The molecule has 1 aromatic carbocycles. The zero-order chi connectivity index (χ0) is 18.4. The van der Waals surface area contributed by atoms with E-state index in [-0.39, 0.29) is 24.3 Å². The molecule has 26 heavy (non-hydrogen) atoms. The van der Waals surface area contributed by atoms with Gasteiger partial charge >= 0.3 is 5.97 Å². The first-order valence-corrected chi connectivity index (χ1v) is 7.81. The van der Waals surface area contributed by atoms with Crippen molar-refractivity contribution < 1.29 is 13.9 Å². The molecular weight excluding hydrogens is 334 g/mol. The molecule has 0 amide bonds. The molecule has 0 spiro atoms. The molecule has 0 saturated carbocycles. The van der Waals surface area contributed by atoms with E-state index in [4.69, 9.17) is 14.9 Å². The highest BCUT2D eigenvalue weighted by Gasteiger charge is 2.08. The predicted octanol–water partition coefficient (Wildman–Crippen LogP) is 2.86. The minimum Gasteiger partial charge on any atom is -0.465 e. The number of nitrogens with zero attached hydrogens (tertiary/aromatic N) is 3. The van der Waals surface area contributed by atoms with Gasteiger partial charge in [-0.15, -0.1) is 0 Å². The third-order valence-electron chi connectivity index (χ3n) is 3.36. The van der Waals surface area contributed by atoms with Gasteiger partial charge in [0.15, 0.2) is 12.4 Å². The van der Waals surface area contributed by atoms with Gasteiger partial charge in [0.05, 0.1) is 6.26 Å². The number of hydrogen-bond donors (Lipinski definition) is 2. The molecule has 0 saturated heterocycles. The van der Waals surface area contributed by atoms with Crippen LogP contribution in [0.25, 0.3) is 6.08 Å². The summed E-state index contributed by atoms with van der Waals surface area (Å²) in [6, 6.07) is 11.1. The molecular formula is C18H17N5O3. The Labute approximate surface area is 149 Å². The SMILES string of the molecule is Cc1ccccc1Nc1nc(N)nc(COC(=O)C=Cc2ccco2)n1. The van der Waals surface area contributed by atoms with Crippen molar-refractivity contribution in [3.63, 3.8) is 0 Å². The predicted molar refractivity (Wildman–Crippen MR) is 96.2 cm³/mol. The molecule has 2 heterocycles. The molecule has 2 aromatic heterocycles. The summed E-state index contributed by atoms with van der Waals surface area (Å²) >= 11 is 0. The molecule has 3 aromatic rings. The van der Waals surface area contributed by atoms with E-state index in [9.17, 15) is 4.79 Å². The van der Waals surface area contributed by atoms with Crippen LogP contribution in [0.15, 0.2) is 53.2 Å². The second-order valence-electron chi connectivity index (χ2n) is 5.33. The highest BCUT2D eigenvalue weighted by molar-refractivity contribution is 5.86. The molecule has 3 N–H and O–H groups in total. The van der Waals surface area contributed by atoms with E-state index in [1.54, 1.807) is 12.1 Å². The number of nitrogens with one attached hydrogen (secondary N) is 1. The molecule has 0 aliphatic rings. The molecule has 132 valence electrons. The van der Waals surface area contributed by atoms with E-state index in [1.807, 2.05) is 31.2 Å². The van der Waals surface area contributed by atoms with Gasteiger partial charge in [0.1, 0.15) is 5.76 Å². The Balaban J connectivity index is 1.64. The summed E-state index contributed by atoms with van der Waals surface area (Å²) in [6.07, 6.45) is 4.28. The fourth-order valence-electron chi connectivity index (χ4n) is 2.11. The Morgan fingerprint density at radius 2 is 2.08 bits per heavy atom. The molecule has 8 nitrogen and oxygen atoms in total. The van der Waals surface area contributed by atoms with Gasteiger partial charge in [-0.3, -0.25) is 0 Å². The van der Waals surface area contributed by atoms with Gasteiger partial charge in [-0.25, -0.2) is 4.79 Å². The number of ether oxygens (including phenoxy) is 1. The van der Waals surface area contributed by atoms with Crippen molar-refractivity contribution in [3.05, 3.63) is 65.9 Å². The van der Waals surface area contributed by atoms with Crippen LogP contribution in [-0.2, 0) is 16.1 Å². The quantitative estimate of drug-likeness (QED) is 0.514. The normalized spacial score (nSPS) is 10.8. The monoisotopic (exact) mass is 351 g/mol. The number of esters is 1. The zero-order valence-corrected chi connectivity index (χ0v) is 14.0. The Morgan fingerprint density at radius 1 is 1.23 bits per heavy atom. The fraction of sp³-hybridized carbons (Fsp3) is 0.111. The minimum atomic E-state index is -0.547. The maximum Gasteiger partial charge on any atom is 0.331 e. The van der Waals surface area contributed by atoms with Crippen molar-refractivity contribution in [2.45, 2.75) is 13.5 Å². The molecule has 0 fully saturated rings. The lowest BCUT2D eigenvalue weighted by molar-refractivity contribution is -0.139. The molecule has 3 rings (SSSR count). The minimum absolute atomic E-state index is 0.0354. The van der Waals surface area contributed by atoms with Gasteiger partial charge < -0.3 is 20.2 Å². The number of hydrogen-bond acceptors (Lipinski definition) is 8. The van der Waals surface area contributed by atoms with E-state index >= 15 is 0 Å². The van der Waals surface area contributed by atoms with Crippen LogP contribution < -0.4 is 11.1 Å². The van der Waals surface area contributed by atoms with Crippen LogP contribution >= 0.6 is 0 Å². The smallest absolute Gasteiger partial charge is 0.331 e. The number of aryl methyl sites for hydroxylation is 1. The zero-order valence-electron chi connectivity index (χ0n) is 14.0. The number of carbonyl (C=O) groups is 1. The van der Waals surface area contributed by atoms with Crippen LogP contribution in [0.5, 0.6) is 0 Å². The van der Waals surface area contributed by atoms with E-state index in [1.165, 1.54) is 18.4 Å². The Bertz CT molecular complexity index is 922. The van der Waals surface area contributed by atoms with Crippen LogP contribution in [0.2, 0.25) is 0 Å². The summed E-state index contributed by atoms with van der Waals surface area (Å²) in [7, 11) is 0. The Hall–Kier alpha value is -3.68. The summed E-state index contributed by atoms with van der Waals surface area (Å²) in [5.74, 6) is 0.565. The van der Waals surface area contributed by atoms with E-state index in [0.717, 1.165) is 11.3 Å². The third kappa shape index (κ3) is 4.67. The molecule has 0 unspecified atom stereocenters. The maximum atomic E-state index is 11.7. The second kappa shape index (κ2) is 7.93. The van der Waals surface area contributed by atoms with Crippen molar-refractivity contribution >= 4 is 29.6 Å². The first-order chi connectivity index (χ1) is 12.6. The summed E-state index contributed by atoms with van der Waals surface area (Å²) in [5, 5.41) is 3.08. The van der Waals surface area contributed by atoms with Crippen molar-refractivity contribution in [1.82, 2.24) is 15.0 Å². The lowest BCUT2D eigenvalue weighted by atomic mass is 10.2. The second-order valence-corrected chi connectivity index (χ2v) is 5.33. The topological polar surface area (TPSA) is 116 Å². The lowest BCUT2D eigenvalue weighted by Crippen LogP contribution is -2.10. The van der Waals surface area contributed by atoms with Gasteiger partial charge in [-0.2, -0.15) is 15.0 Å². The number of rotatable bonds is 6. The van der Waals surface area contributed by atoms with Crippen LogP contribution in [-0.4, -0.2) is 20.9 Å². The van der Waals surface area contributed by atoms with Gasteiger partial charge in [0.25, 0.3) is 0 Å². The summed E-state index contributed by atoms with van der Waals surface area (Å²) in [6.45, 7) is 1.83. The highest BCUT2D eigenvalue weighted by Crippen LogP contribution is 2.17. The highest BCUT2D eigenvalue weighted by atomic mass is 16.5. The summed E-state index contributed by atoms with van der Waals surface area (Å²) in [5.41, 5.74) is 7.59. The summed E-state index contributed by atoms with van der Waals surface area (Å²) in [4.78, 5) is 24.0. The maximum absolute atomic E-state index is 11.7. The Morgan fingerprint density at radius 3 is 2.85 bits per heavy atom. The van der Waals surface area contributed by atoms with Gasteiger partial charge in [-0.05, 0) is 36.8 Å². The number of anilines is 3. The number of benzene rings is 1. The van der Waals surface area contributed by atoms with Crippen LogP contribution in [0.4, 0.5) is 17.6 Å². The molecule has 0 aliphatic carbocycles. The van der Waals surface area contributed by atoms with Gasteiger partial charge in [0, 0.05) is 11.8 Å². The van der Waals surface area contributed by atoms with E-state index < -0.39 is 5.97 Å². The fourth-order valence-corrected chi connectivity index (χ4v) is 2.11. The number of para-hydroxylation sites is 1. The first kappa shape index (κ1) is 17.2. The van der Waals surface area contributed by atoms with Gasteiger partial charge in [-0.1, -0.05) is 18.2 Å². The van der Waals surface area contributed by atoms with Crippen molar-refractivity contribution in [2.24, 2.45) is 0 Å². The van der Waals surface area contributed by atoms with Crippen LogP contribution in [0.1, 0.15) is 17.1 Å². The van der Waals surface area contributed by atoms with Crippen molar-refractivity contribution in [3.8, 4) is 0 Å². The Kier molecular flexibility index (Phi) is 5.23. The molecule has 8 heteroatoms. The number of nitrogen functional groups attached to an aromatic ring is 1. The van der Waals surface area contributed by atoms with Crippen LogP contribution in [0.3, 0.4) is 0 Å². The molecule has 0 atom stereocenters. The average molecular weight is 351 g/mol. The number of aromatic nitrogens is 3. The van der Waals surface area contributed by atoms with E-state index in [0.29, 0.717) is 5.76 Å². The standard InChI is InChI=1S/C18H17N5O3/c1-12-5-2-3-7-14(12)20-18-22-15(21-17(19)23-18)11-26-16(24)9-8-13-6-4-10-25-13/h2-10H,11H2,1H3,(H3,19,20,21,22,23). The first-order valence-electron chi connectivity index (χ1n) is 7.81. The average Bonchev–Trinajstić information content (AvgIpc) is 3.13. The number of nitrogens with two attached hydrogens (primary N) is 1. The van der Waals surface area contributed by atoms with Gasteiger partial charge in [0.2, 0.25) is 11.9 Å². The van der Waals surface area contributed by atoms with Crippen molar-refractivity contribution in [2.75, 3.05) is 11.1 Å². The largest absolute Gasteiger partial charge is 0.465 e. The van der Waals surface area contributed by atoms with Crippen LogP contribution in [0, 0.1) is 6.92 Å². The summed E-state index contributed by atoms with van der Waals surface area (Å²) < 4.78 is 10.2. The molecule has 0 bridgehead atoms.